The molecule has 2 N–H and O–H groups in total. The molecule has 2 aliphatic heterocycles. The fourth-order valence-corrected chi connectivity index (χ4v) is 5.26. The van der Waals surface area contributed by atoms with Gasteiger partial charge >= 0.3 is 0 Å². The SMILES string of the molecule is CS(C)(=O)=Nc1ccc(-c2ccc(-c3nc4nc(O[C@@H]5COC6[C@H](O)CO[C@@H]65)[nH]c4cc3F)cc2)cc1. The molecule has 9 nitrogen and oxygen atoms in total. The van der Waals surface area contributed by atoms with Gasteiger partial charge in [0.05, 0.1) is 24.4 Å². The zero-order valence-electron chi connectivity index (χ0n) is 20.1. The van der Waals surface area contributed by atoms with E-state index >= 15 is 0 Å². The van der Waals surface area contributed by atoms with Crippen molar-refractivity contribution in [2.75, 3.05) is 25.7 Å². The minimum Gasteiger partial charge on any atom is -0.456 e. The van der Waals surface area contributed by atoms with E-state index in [0.717, 1.165) is 11.1 Å². The van der Waals surface area contributed by atoms with Gasteiger partial charge in [-0.2, -0.15) is 9.35 Å². The van der Waals surface area contributed by atoms with E-state index in [4.69, 9.17) is 14.2 Å². The Bertz CT molecular complexity index is 1570. The van der Waals surface area contributed by atoms with Gasteiger partial charge in [-0.3, -0.25) is 0 Å². The van der Waals surface area contributed by atoms with Crippen LogP contribution in [-0.4, -0.2) is 74.4 Å². The molecule has 2 aliphatic rings. The number of aromatic nitrogens is 3. The molecule has 2 fully saturated rings. The summed E-state index contributed by atoms with van der Waals surface area (Å²) in [5, 5.41) is 9.90. The second-order valence-corrected chi connectivity index (χ2v) is 12.0. The number of imidazole rings is 1. The first-order chi connectivity index (χ1) is 17.7. The molecule has 4 atom stereocenters. The number of halogens is 1. The monoisotopic (exact) mass is 524 g/mol. The van der Waals surface area contributed by atoms with Crippen LogP contribution in [0.15, 0.2) is 59.0 Å². The fraction of sp³-hybridized carbons (Fsp3) is 0.308. The molecular formula is C26H25FN4O5S. The van der Waals surface area contributed by atoms with Crippen LogP contribution in [0.5, 0.6) is 6.01 Å². The number of fused-ring (bicyclic) bond motifs is 2. The van der Waals surface area contributed by atoms with Crippen LogP contribution < -0.4 is 4.74 Å². The van der Waals surface area contributed by atoms with Gasteiger partial charge in [0.25, 0.3) is 6.01 Å². The third-order valence-electron chi connectivity index (χ3n) is 6.33. The molecule has 37 heavy (non-hydrogen) atoms. The molecule has 192 valence electrons. The van der Waals surface area contributed by atoms with Crippen LogP contribution in [0.4, 0.5) is 10.1 Å². The lowest BCUT2D eigenvalue weighted by Gasteiger charge is -2.15. The number of H-pyrrole nitrogens is 1. The molecule has 6 rings (SSSR count). The molecule has 0 aliphatic carbocycles. The summed E-state index contributed by atoms with van der Waals surface area (Å²) in [5.74, 6) is -0.490. The Morgan fingerprint density at radius 1 is 1.00 bits per heavy atom. The summed E-state index contributed by atoms with van der Waals surface area (Å²) in [6.45, 7) is 0.462. The second kappa shape index (κ2) is 9.18. The summed E-state index contributed by atoms with van der Waals surface area (Å²) in [7, 11) is -2.22. The topological polar surface area (TPSA) is 119 Å². The summed E-state index contributed by atoms with van der Waals surface area (Å²) in [5.41, 5.74) is 4.07. The van der Waals surface area contributed by atoms with Gasteiger partial charge < -0.3 is 24.3 Å². The van der Waals surface area contributed by atoms with E-state index in [1.165, 1.54) is 6.07 Å². The van der Waals surface area contributed by atoms with Crippen molar-refractivity contribution in [3.8, 4) is 28.4 Å². The van der Waals surface area contributed by atoms with E-state index in [-0.39, 0.29) is 31.0 Å². The fourth-order valence-electron chi connectivity index (χ4n) is 4.63. The quantitative estimate of drug-likeness (QED) is 0.409. The zero-order chi connectivity index (χ0) is 25.7. The Hall–Kier alpha value is -3.38. The molecule has 0 bridgehead atoms. The maximum Gasteiger partial charge on any atom is 0.296 e. The standard InChI is InChI=1S/C26H25FN4O5S/c1-37(2,33)31-17-9-7-15(8-10-17)14-3-5-16(6-4-14)22-18(27)11-19-25(29-22)30-26(28-19)36-21-13-35-23-20(32)12-34-24(21)23/h3-11,20-21,23-24,32H,12-13H2,1-2H3,(H,28,29,30)/t20-,21-,23?,24-/m1/s1. The second-order valence-electron chi connectivity index (χ2n) is 9.45. The molecule has 0 radical (unpaired) electrons. The number of pyridine rings is 1. The third kappa shape index (κ3) is 4.82. The smallest absolute Gasteiger partial charge is 0.296 e. The molecule has 0 saturated carbocycles. The zero-order valence-corrected chi connectivity index (χ0v) is 20.9. The van der Waals surface area contributed by atoms with Crippen LogP contribution in [-0.2, 0) is 19.2 Å². The largest absolute Gasteiger partial charge is 0.456 e. The highest BCUT2D eigenvalue weighted by Gasteiger charge is 2.48. The maximum atomic E-state index is 15.0. The Kier molecular flexibility index (Phi) is 5.95. The highest BCUT2D eigenvalue weighted by molar-refractivity contribution is 7.92. The van der Waals surface area contributed by atoms with Crippen molar-refractivity contribution in [3.05, 3.63) is 60.4 Å². The van der Waals surface area contributed by atoms with Crippen molar-refractivity contribution >= 4 is 26.6 Å². The first-order valence-corrected chi connectivity index (χ1v) is 14.1. The lowest BCUT2D eigenvalue weighted by molar-refractivity contribution is 0.00706. The predicted octanol–water partition coefficient (Wildman–Crippen LogP) is 3.70. The normalized spacial score (nSPS) is 23.4. The van der Waals surface area contributed by atoms with Crippen LogP contribution in [0.2, 0.25) is 0 Å². The molecule has 11 heteroatoms. The number of nitrogens with one attached hydrogen (secondary N) is 1. The number of hydrogen-bond donors (Lipinski definition) is 2. The minimum atomic E-state index is -2.22. The number of ether oxygens (including phenoxy) is 3. The van der Waals surface area contributed by atoms with Gasteiger partial charge in [0.1, 0.15) is 24.0 Å². The number of nitrogens with zero attached hydrogens (tertiary/aromatic N) is 3. The van der Waals surface area contributed by atoms with E-state index in [0.29, 0.717) is 22.4 Å². The molecule has 2 aromatic carbocycles. The average molecular weight is 525 g/mol. The Morgan fingerprint density at radius 2 is 1.65 bits per heavy atom. The van der Waals surface area contributed by atoms with Gasteiger partial charge in [-0.1, -0.05) is 36.4 Å². The van der Waals surface area contributed by atoms with Crippen LogP contribution in [0.25, 0.3) is 33.5 Å². The van der Waals surface area contributed by atoms with Crippen molar-refractivity contribution in [1.82, 2.24) is 15.0 Å². The Balaban J connectivity index is 1.22. The van der Waals surface area contributed by atoms with E-state index in [9.17, 15) is 13.7 Å². The first kappa shape index (κ1) is 24.0. The summed E-state index contributed by atoms with van der Waals surface area (Å²) in [6.07, 6.45) is 1.28. The Morgan fingerprint density at radius 3 is 2.35 bits per heavy atom. The van der Waals surface area contributed by atoms with Crippen molar-refractivity contribution in [2.24, 2.45) is 4.36 Å². The summed E-state index contributed by atoms with van der Waals surface area (Å²) in [4.78, 5) is 11.8. The molecule has 2 aromatic heterocycles. The summed E-state index contributed by atoms with van der Waals surface area (Å²) >= 11 is 0. The number of hydrogen-bond acceptors (Lipinski definition) is 8. The number of aromatic amines is 1. The molecule has 4 aromatic rings. The highest BCUT2D eigenvalue weighted by Crippen LogP contribution is 2.31. The maximum absolute atomic E-state index is 15.0. The van der Waals surface area contributed by atoms with Crippen LogP contribution in [0.1, 0.15) is 0 Å². The van der Waals surface area contributed by atoms with Crippen molar-refractivity contribution in [2.45, 2.75) is 24.4 Å². The van der Waals surface area contributed by atoms with Crippen molar-refractivity contribution < 1.29 is 27.9 Å². The third-order valence-corrected chi connectivity index (χ3v) is 6.98. The number of rotatable bonds is 5. The Labute approximate surface area is 212 Å². The van der Waals surface area contributed by atoms with Gasteiger partial charge in [-0.15, -0.1) is 0 Å². The molecule has 1 unspecified atom stereocenters. The minimum absolute atomic E-state index is 0.179. The number of benzene rings is 2. The van der Waals surface area contributed by atoms with Crippen LogP contribution >= 0.6 is 0 Å². The van der Waals surface area contributed by atoms with Crippen molar-refractivity contribution in [1.29, 1.82) is 0 Å². The van der Waals surface area contributed by atoms with Crippen molar-refractivity contribution in [3.63, 3.8) is 0 Å². The lowest BCUT2D eigenvalue weighted by atomic mass is 10.0. The average Bonchev–Trinajstić information content (AvgIpc) is 3.55. The summed E-state index contributed by atoms with van der Waals surface area (Å²) in [6, 6.07) is 16.4. The predicted molar refractivity (Wildman–Crippen MR) is 137 cm³/mol. The number of aliphatic hydroxyl groups excluding tert-OH is 1. The molecular weight excluding hydrogens is 499 g/mol. The van der Waals surface area contributed by atoms with Gasteiger partial charge in [0.2, 0.25) is 0 Å². The van der Waals surface area contributed by atoms with Gasteiger partial charge in [-0.05, 0) is 23.3 Å². The lowest BCUT2D eigenvalue weighted by Crippen LogP contribution is -2.34. The van der Waals surface area contributed by atoms with Gasteiger partial charge in [0.15, 0.2) is 17.6 Å². The molecule has 0 amide bonds. The van der Waals surface area contributed by atoms with Crippen LogP contribution in [0.3, 0.4) is 0 Å². The van der Waals surface area contributed by atoms with Crippen LogP contribution in [0, 0.1) is 5.82 Å². The molecule has 0 spiro atoms. The van der Waals surface area contributed by atoms with E-state index in [2.05, 4.69) is 19.3 Å². The van der Waals surface area contributed by atoms with E-state index in [1.54, 1.807) is 24.6 Å². The van der Waals surface area contributed by atoms with Gasteiger partial charge in [0, 0.05) is 33.9 Å². The first-order valence-electron chi connectivity index (χ1n) is 11.8. The molecule has 2 saturated heterocycles. The molecule has 4 heterocycles. The number of aliphatic hydroxyl groups is 1. The van der Waals surface area contributed by atoms with E-state index in [1.807, 2.05) is 36.4 Å². The van der Waals surface area contributed by atoms with Gasteiger partial charge in [-0.25, -0.2) is 13.6 Å². The summed E-state index contributed by atoms with van der Waals surface area (Å²) < 4.78 is 48.1. The van der Waals surface area contributed by atoms with E-state index < -0.39 is 33.9 Å². The highest BCUT2D eigenvalue weighted by atomic mass is 32.2.